The van der Waals surface area contributed by atoms with Gasteiger partial charge in [-0.05, 0) is 73.7 Å². The Morgan fingerprint density at radius 3 is 2.18 bits per heavy atom. The number of β-amino-alcohol motifs (C(OH)–C–C–N with tert-alkyl or cyclic N) is 1. The van der Waals surface area contributed by atoms with Gasteiger partial charge >= 0.3 is 5.69 Å². The number of rotatable bonds is 4. The quantitative estimate of drug-likeness (QED) is 0.355. The molecule has 4 aromatic rings. The van der Waals surface area contributed by atoms with Crippen LogP contribution in [-0.4, -0.2) is 38.0 Å². The van der Waals surface area contributed by atoms with Gasteiger partial charge in [0.2, 0.25) is 0 Å². The van der Waals surface area contributed by atoms with Crippen molar-refractivity contribution in [2.24, 2.45) is 12.5 Å². The summed E-state index contributed by atoms with van der Waals surface area (Å²) in [5, 5.41) is 22.6. The van der Waals surface area contributed by atoms with Crippen LogP contribution in [0.5, 0.6) is 5.75 Å². The number of phenolic OH excluding ortho intramolecular Hbond substituents is 1. The van der Waals surface area contributed by atoms with Gasteiger partial charge < -0.3 is 19.7 Å². The number of aliphatic hydroxyl groups is 1. The molecular weight excluding hydrogens is 505 g/mol. The van der Waals surface area contributed by atoms with E-state index in [9.17, 15) is 19.4 Å². The molecule has 8 heteroatoms. The molecule has 2 heterocycles. The van der Waals surface area contributed by atoms with Gasteiger partial charge in [0.1, 0.15) is 11.6 Å². The average Bonchev–Trinajstić information content (AvgIpc) is 3.53. The van der Waals surface area contributed by atoms with E-state index in [2.05, 4.69) is 4.90 Å². The number of imidazole rings is 1. The SMILES string of the molecule is Cc1ccc(-c2cc(F)cc(-c3ccc(-n4ccn(C)c4=O)c(Cl)c3)c2O)cc1N1CC(C)(O)C2(CC2)C1. The molecule has 2 fully saturated rings. The van der Waals surface area contributed by atoms with Crippen LogP contribution in [0.1, 0.15) is 25.3 Å². The fraction of sp³-hybridized carbons (Fsp3) is 0.300. The van der Waals surface area contributed by atoms with E-state index in [1.54, 1.807) is 37.6 Å². The highest BCUT2D eigenvalue weighted by Gasteiger charge is 2.61. The van der Waals surface area contributed by atoms with E-state index in [1.807, 2.05) is 32.0 Å². The molecule has 0 radical (unpaired) electrons. The molecule has 2 N–H and O–H groups in total. The smallest absolute Gasteiger partial charge is 0.332 e. The lowest BCUT2D eigenvalue weighted by molar-refractivity contribution is 0.0244. The van der Waals surface area contributed by atoms with Gasteiger partial charge in [-0.25, -0.2) is 9.18 Å². The minimum Gasteiger partial charge on any atom is -0.507 e. The Morgan fingerprint density at radius 1 is 0.947 bits per heavy atom. The summed E-state index contributed by atoms with van der Waals surface area (Å²) in [6, 6.07) is 13.4. The minimum atomic E-state index is -0.750. The van der Waals surface area contributed by atoms with Crippen molar-refractivity contribution in [3.8, 4) is 33.7 Å². The Kier molecular flexibility index (Phi) is 5.53. The normalized spacial score (nSPS) is 19.9. The molecule has 1 unspecified atom stereocenters. The van der Waals surface area contributed by atoms with E-state index in [-0.39, 0.29) is 16.9 Å². The predicted molar refractivity (Wildman–Crippen MR) is 148 cm³/mol. The van der Waals surface area contributed by atoms with E-state index in [4.69, 9.17) is 11.6 Å². The average molecular weight is 534 g/mol. The summed E-state index contributed by atoms with van der Waals surface area (Å²) < 4.78 is 17.8. The van der Waals surface area contributed by atoms with Gasteiger partial charge in [-0.1, -0.05) is 29.8 Å². The van der Waals surface area contributed by atoms with Crippen LogP contribution in [-0.2, 0) is 7.05 Å². The third-order valence-corrected chi connectivity index (χ3v) is 8.69. The Balaban J connectivity index is 1.39. The van der Waals surface area contributed by atoms with Gasteiger partial charge in [0.15, 0.2) is 0 Å². The lowest BCUT2D eigenvalue weighted by Crippen LogP contribution is -2.35. The van der Waals surface area contributed by atoms with Gasteiger partial charge in [0, 0.05) is 54.8 Å². The van der Waals surface area contributed by atoms with Crippen LogP contribution in [0.3, 0.4) is 0 Å². The molecular formula is C30H29ClFN3O3. The lowest BCUT2D eigenvalue weighted by atomic mass is 9.90. The topological polar surface area (TPSA) is 70.6 Å². The van der Waals surface area contributed by atoms with Crippen molar-refractivity contribution in [3.05, 3.63) is 87.8 Å². The van der Waals surface area contributed by atoms with Crippen molar-refractivity contribution in [2.75, 3.05) is 18.0 Å². The van der Waals surface area contributed by atoms with Crippen LogP contribution < -0.4 is 10.6 Å². The van der Waals surface area contributed by atoms with Crippen molar-refractivity contribution in [2.45, 2.75) is 32.3 Å². The molecule has 1 aromatic heterocycles. The summed E-state index contributed by atoms with van der Waals surface area (Å²) >= 11 is 6.54. The molecule has 1 spiro atoms. The fourth-order valence-electron chi connectivity index (χ4n) is 5.82. The van der Waals surface area contributed by atoms with Crippen LogP contribution in [0.25, 0.3) is 27.9 Å². The summed E-state index contributed by atoms with van der Waals surface area (Å²) in [4.78, 5) is 14.6. The Bertz CT molecular complexity index is 1650. The zero-order valence-corrected chi connectivity index (χ0v) is 22.3. The zero-order chi connectivity index (χ0) is 27.0. The van der Waals surface area contributed by atoms with E-state index < -0.39 is 11.4 Å². The Hall–Kier alpha value is -3.55. The maximum Gasteiger partial charge on any atom is 0.332 e. The van der Waals surface area contributed by atoms with E-state index in [0.29, 0.717) is 39.5 Å². The number of anilines is 1. The van der Waals surface area contributed by atoms with Crippen molar-refractivity contribution in [1.29, 1.82) is 0 Å². The van der Waals surface area contributed by atoms with Crippen LogP contribution in [0.4, 0.5) is 10.1 Å². The summed E-state index contributed by atoms with van der Waals surface area (Å²) in [6.45, 7) is 5.24. The van der Waals surface area contributed by atoms with E-state index in [0.717, 1.165) is 30.6 Å². The van der Waals surface area contributed by atoms with Gasteiger partial charge in [0.25, 0.3) is 0 Å². The van der Waals surface area contributed by atoms with Crippen LogP contribution in [0, 0.1) is 18.2 Å². The number of hydrogen-bond acceptors (Lipinski definition) is 4. The third-order valence-electron chi connectivity index (χ3n) is 8.39. The molecule has 1 atom stereocenters. The zero-order valence-electron chi connectivity index (χ0n) is 21.5. The fourth-order valence-corrected chi connectivity index (χ4v) is 6.09. The first-order chi connectivity index (χ1) is 18.0. The van der Waals surface area contributed by atoms with Crippen LogP contribution >= 0.6 is 11.6 Å². The first-order valence-corrected chi connectivity index (χ1v) is 13.0. The number of benzene rings is 3. The highest BCUT2D eigenvalue weighted by Crippen LogP contribution is 2.59. The standard InChI is InChI=1S/C30H29ClFN3O3/c1-18-4-5-20(13-26(18)34-16-29(2,38)30(17-34)8-9-30)23-15-21(32)14-22(27(23)36)19-6-7-25(24(31)12-19)35-11-10-33(3)28(35)37/h4-7,10-15,36,38H,8-9,16-17H2,1-3H3. The van der Waals surface area contributed by atoms with E-state index in [1.165, 1.54) is 21.3 Å². The molecule has 1 aliphatic carbocycles. The van der Waals surface area contributed by atoms with Crippen LogP contribution in [0.15, 0.2) is 65.7 Å². The maximum atomic E-state index is 14.9. The van der Waals surface area contributed by atoms with Gasteiger partial charge in [-0.15, -0.1) is 0 Å². The van der Waals surface area contributed by atoms with Gasteiger partial charge in [0.05, 0.1) is 16.3 Å². The summed E-state index contributed by atoms with van der Waals surface area (Å²) in [5.74, 6) is -0.551. The number of hydrogen-bond donors (Lipinski definition) is 2. The number of aromatic hydroxyl groups is 1. The van der Waals surface area contributed by atoms with Crippen molar-refractivity contribution >= 4 is 17.3 Å². The highest BCUT2D eigenvalue weighted by molar-refractivity contribution is 6.32. The first-order valence-electron chi connectivity index (χ1n) is 12.6. The molecule has 1 saturated heterocycles. The molecule has 6 nitrogen and oxygen atoms in total. The molecule has 6 rings (SSSR count). The lowest BCUT2D eigenvalue weighted by Gasteiger charge is -2.24. The van der Waals surface area contributed by atoms with Crippen molar-refractivity contribution in [3.63, 3.8) is 0 Å². The van der Waals surface area contributed by atoms with Gasteiger partial charge in [-0.2, -0.15) is 0 Å². The second-order valence-corrected chi connectivity index (χ2v) is 11.4. The van der Waals surface area contributed by atoms with Crippen molar-refractivity contribution in [1.82, 2.24) is 9.13 Å². The van der Waals surface area contributed by atoms with E-state index >= 15 is 0 Å². The molecule has 1 saturated carbocycles. The number of aryl methyl sites for hydroxylation is 2. The molecule has 196 valence electrons. The largest absolute Gasteiger partial charge is 0.507 e. The number of halogens is 2. The minimum absolute atomic E-state index is 0.0556. The first kappa shape index (κ1) is 24.8. The summed E-state index contributed by atoms with van der Waals surface area (Å²) in [5.41, 5.74) is 3.35. The molecule has 2 aliphatic rings. The molecule has 0 amide bonds. The summed E-state index contributed by atoms with van der Waals surface area (Å²) in [6.07, 6.45) is 5.30. The van der Waals surface area contributed by atoms with Gasteiger partial charge in [-0.3, -0.25) is 4.57 Å². The maximum absolute atomic E-state index is 14.9. The third kappa shape index (κ3) is 3.84. The Morgan fingerprint density at radius 2 is 1.61 bits per heavy atom. The van der Waals surface area contributed by atoms with Crippen molar-refractivity contribution < 1.29 is 14.6 Å². The highest BCUT2D eigenvalue weighted by atomic mass is 35.5. The monoisotopic (exact) mass is 533 g/mol. The predicted octanol–water partition coefficient (Wildman–Crippen LogP) is 5.67. The summed E-state index contributed by atoms with van der Waals surface area (Å²) in [7, 11) is 1.65. The molecule has 38 heavy (non-hydrogen) atoms. The van der Waals surface area contributed by atoms with Crippen LogP contribution in [0.2, 0.25) is 5.02 Å². The molecule has 0 bridgehead atoms. The number of aromatic nitrogens is 2. The molecule has 3 aromatic carbocycles. The Labute approximate surface area is 225 Å². The molecule has 1 aliphatic heterocycles. The second kappa shape index (κ2) is 8.48. The number of nitrogens with zero attached hydrogens (tertiary/aromatic N) is 3. The number of phenols is 1. The second-order valence-electron chi connectivity index (χ2n) is 11.0.